The van der Waals surface area contributed by atoms with Crippen molar-refractivity contribution in [1.82, 2.24) is 9.97 Å². The number of aromatic nitrogens is 2. The Morgan fingerprint density at radius 3 is 2.81 bits per heavy atom. The van der Waals surface area contributed by atoms with Crippen LogP contribution in [0.2, 0.25) is 0 Å². The van der Waals surface area contributed by atoms with E-state index in [-0.39, 0.29) is 5.92 Å². The number of nitrogens with zero attached hydrogens (tertiary/aromatic N) is 3. The Labute approximate surface area is 149 Å². The summed E-state index contributed by atoms with van der Waals surface area (Å²) in [5, 5.41) is 0.785. The minimum atomic E-state index is -0.892. The van der Waals surface area contributed by atoms with E-state index < -0.39 is 11.6 Å². The third kappa shape index (κ3) is 2.92. The molecule has 6 heteroatoms. The average molecular weight is 353 g/mol. The van der Waals surface area contributed by atoms with E-state index in [1.54, 1.807) is 6.07 Å². The molecule has 26 heavy (non-hydrogen) atoms. The lowest BCUT2D eigenvalue weighted by atomic mass is 9.97. The molecule has 1 saturated heterocycles. The first-order chi connectivity index (χ1) is 12.7. The number of halogens is 2. The quantitative estimate of drug-likeness (QED) is 0.668. The van der Waals surface area contributed by atoms with Gasteiger partial charge in [0.2, 0.25) is 0 Å². The minimum Gasteiger partial charge on any atom is -0.355 e. The van der Waals surface area contributed by atoms with Crippen molar-refractivity contribution in [3.63, 3.8) is 0 Å². The maximum atomic E-state index is 13.8. The summed E-state index contributed by atoms with van der Waals surface area (Å²) < 4.78 is 27.1. The van der Waals surface area contributed by atoms with Crippen molar-refractivity contribution in [3.8, 4) is 11.1 Å². The van der Waals surface area contributed by atoms with Crippen molar-refractivity contribution >= 4 is 23.0 Å². The van der Waals surface area contributed by atoms with Gasteiger partial charge in [-0.1, -0.05) is 18.2 Å². The highest BCUT2D eigenvalue weighted by molar-refractivity contribution is 6.02. The fraction of sp³-hybridized carbons (Fsp3) is 0.250. The number of hydrogen-bond donors (Lipinski definition) is 0. The Morgan fingerprint density at radius 2 is 2.00 bits per heavy atom. The van der Waals surface area contributed by atoms with Crippen LogP contribution in [0.3, 0.4) is 0 Å². The predicted molar refractivity (Wildman–Crippen MR) is 95.9 cm³/mol. The topological polar surface area (TPSA) is 46.1 Å². The molecule has 1 aromatic heterocycles. The Morgan fingerprint density at radius 1 is 1.12 bits per heavy atom. The van der Waals surface area contributed by atoms with Crippen LogP contribution < -0.4 is 4.90 Å². The maximum Gasteiger partial charge on any atom is 0.159 e. The van der Waals surface area contributed by atoms with Crippen LogP contribution in [0.4, 0.5) is 14.6 Å². The molecule has 0 radical (unpaired) electrons. The lowest BCUT2D eigenvalue weighted by Crippen LogP contribution is -2.36. The lowest BCUT2D eigenvalue weighted by molar-refractivity contribution is -0.111. The summed E-state index contributed by atoms with van der Waals surface area (Å²) in [4.78, 5) is 22.1. The highest BCUT2D eigenvalue weighted by Gasteiger charge is 2.23. The zero-order chi connectivity index (χ0) is 18.1. The van der Waals surface area contributed by atoms with Crippen LogP contribution in [0.15, 0.2) is 42.7 Å². The van der Waals surface area contributed by atoms with Crippen molar-refractivity contribution < 1.29 is 13.6 Å². The zero-order valence-electron chi connectivity index (χ0n) is 14.0. The van der Waals surface area contributed by atoms with Crippen molar-refractivity contribution in [2.24, 2.45) is 5.92 Å². The van der Waals surface area contributed by atoms with Gasteiger partial charge in [0.1, 0.15) is 18.4 Å². The van der Waals surface area contributed by atoms with E-state index in [0.29, 0.717) is 12.1 Å². The Balaban J connectivity index is 1.89. The second-order valence-electron chi connectivity index (χ2n) is 6.51. The van der Waals surface area contributed by atoms with E-state index in [4.69, 9.17) is 0 Å². The molecule has 1 aliphatic heterocycles. The monoisotopic (exact) mass is 353 g/mol. The number of carbonyl (C=O) groups is 1. The lowest BCUT2D eigenvalue weighted by Gasteiger charge is -2.32. The fourth-order valence-corrected chi connectivity index (χ4v) is 3.55. The first-order valence-corrected chi connectivity index (χ1v) is 8.57. The number of anilines is 1. The van der Waals surface area contributed by atoms with Gasteiger partial charge in [-0.2, -0.15) is 0 Å². The van der Waals surface area contributed by atoms with Crippen LogP contribution in [0, 0.1) is 17.6 Å². The van der Waals surface area contributed by atoms with Crippen LogP contribution in [0.25, 0.3) is 22.0 Å². The molecule has 0 spiro atoms. The summed E-state index contributed by atoms with van der Waals surface area (Å²) >= 11 is 0. The third-order valence-electron chi connectivity index (χ3n) is 4.82. The summed E-state index contributed by atoms with van der Waals surface area (Å²) in [6.07, 6.45) is 4.27. The highest BCUT2D eigenvalue weighted by atomic mass is 19.2. The molecule has 1 fully saturated rings. The highest BCUT2D eigenvalue weighted by Crippen LogP contribution is 2.35. The number of hydrogen-bond acceptors (Lipinski definition) is 4. The first-order valence-electron chi connectivity index (χ1n) is 8.57. The summed E-state index contributed by atoms with van der Waals surface area (Å²) in [6.45, 7) is 1.39. The fourth-order valence-electron chi connectivity index (χ4n) is 3.55. The van der Waals surface area contributed by atoms with Gasteiger partial charge in [-0.15, -0.1) is 0 Å². The normalized spacial score (nSPS) is 17.5. The SMILES string of the molecule is O=CC1CCCN(c2ncnc3cccc(-c4ccc(F)c(F)c4)c23)C1. The van der Waals surface area contributed by atoms with E-state index in [2.05, 4.69) is 14.9 Å². The van der Waals surface area contributed by atoms with Gasteiger partial charge in [-0.3, -0.25) is 0 Å². The van der Waals surface area contributed by atoms with Gasteiger partial charge in [-0.05, 0) is 42.2 Å². The largest absolute Gasteiger partial charge is 0.355 e. The molecule has 132 valence electrons. The molecule has 2 heterocycles. The molecule has 1 atom stereocenters. The van der Waals surface area contributed by atoms with Crippen LogP contribution >= 0.6 is 0 Å². The second-order valence-corrected chi connectivity index (χ2v) is 6.51. The molecule has 0 bridgehead atoms. The Hall–Kier alpha value is -2.89. The Kier molecular flexibility index (Phi) is 4.32. The summed E-state index contributed by atoms with van der Waals surface area (Å²) in [5.41, 5.74) is 2.03. The van der Waals surface area contributed by atoms with Crippen molar-refractivity contribution in [2.75, 3.05) is 18.0 Å². The molecule has 0 amide bonds. The molecule has 0 N–H and O–H groups in total. The van der Waals surface area contributed by atoms with Crippen LogP contribution in [-0.2, 0) is 4.79 Å². The van der Waals surface area contributed by atoms with Gasteiger partial charge in [-0.25, -0.2) is 18.7 Å². The molecule has 4 nitrogen and oxygen atoms in total. The predicted octanol–water partition coefficient (Wildman–Crippen LogP) is 3.99. The number of benzene rings is 2. The molecule has 1 unspecified atom stereocenters. The number of aldehydes is 1. The first kappa shape index (κ1) is 16.6. The van der Waals surface area contributed by atoms with E-state index >= 15 is 0 Å². The van der Waals surface area contributed by atoms with E-state index in [1.807, 2.05) is 18.2 Å². The number of fused-ring (bicyclic) bond motifs is 1. The van der Waals surface area contributed by atoms with Gasteiger partial charge >= 0.3 is 0 Å². The smallest absolute Gasteiger partial charge is 0.159 e. The van der Waals surface area contributed by atoms with E-state index in [1.165, 1.54) is 12.4 Å². The molecular weight excluding hydrogens is 336 g/mol. The van der Waals surface area contributed by atoms with Gasteiger partial charge in [0.05, 0.1) is 10.9 Å². The van der Waals surface area contributed by atoms with E-state index in [0.717, 1.165) is 54.0 Å². The minimum absolute atomic E-state index is 0.0239. The summed E-state index contributed by atoms with van der Waals surface area (Å²) in [6, 6.07) is 9.41. The van der Waals surface area contributed by atoms with Crippen LogP contribution in [0.1, 0.15) is 12.8 Å². The molecule has 0 saturated carbocycles. The van der Waals surface area contributed by atoms with Gasteiger partial charge in [0.15, 0.2) is 11.6 Å². The zero-order valence-corrected chi connectivity index (χ0v) is 14.0. The van der Waals surface area contributed by atoms with Gasteiger partial charge in [0, 0.05) is 19.0 Å². The molecule has 0 aliphatic carbocycles. The van der Waals surface area contributed by atoms with Crippen molar-refractivity contribution in [1.29, 1.82) is 0 Å². The van der Waals surface area contributed by atoms with Crippen molar-refractivity contribution in [2.45, 2.75) is 12.8 Å². The molecule has 2 aromatic carbocycles. The standard InChI is InChI=1S/C20H17F2N3O/c21-16-7-6-14(9-17(16)22)15-4-1-5-18-19(15)20(24-12-23-18)25-8-2-3-13(10-25)11-26/h1,4-7,9,11-13H,2-3,8,10H2. The number of piperidine rings is 1. The molecular formula is C20H17F2N3O. The van der Waals surface area contributed by atoms with Crippen molar-refractivity contribution in [3.05, 3.63) is 54.4 Å². The Bertz CT molecular complexity index is 971. The summed E-state index contributed by atoms with van der Waals surface area (Å²) in [5.74, 6) is -1.07. The van der Waals surface area contributed by atoms with E-state index in [9.17, 15) is 13.6 Å². The molecule has 3 aromatic rings. The van der Waals surface area contributed by atoms with Crippen LogP contribution in [-0.4, -0.2) is 29.3 Å². The maximum absolute atomic E-state index is 13.8. The molecule has 4 rings (SSSR count). The van der Waals surface area contributed by atoms with Gasteiger partial charge < -0.3 is 9.69 Å². The van der Waals surface area contributed by atoms with Crippen LogP contribution in [0.5, 0.6) is 0 Å². The van der Waals surface area contributed by atoms with Gasteiger partial charge in [0.25, 0.3) is 0 Å². The summed E-state index contributed by atoms with van der Waals surface area (Å²) in [7, 11) is 0. The number of rotatable bonds is 3. The molecule has 1 aliphatic rings. The second kappa shape index (κ2) is 6.78. The number of carbonyl (C=O) groups excluding carboxylic acids is 1. The third-order valence-corrected chi connectivity index (χ3v) is 4.82. The average Bonchev–Trinajstić information content (AvgIpc) is 2.69.